The molecule has 31 aromatic rings. The van der Waals surface area contributed by atoms with E-state index in [-0.39, 0.29) is 0 Å². The summed E-state index contributed by atoms with van der Waals surface area (Å²) in [5, 5.41) is 38.7. The highest BCUT2D eigenvalue weighted by Crippen LogP contribution is 2.53. The van der Waals surface area contributed by atoms with E-state index in [1.165, 1.54) is 191 Å². The van der Waals surface area contributed by atoms with Gasteiger partial charge >= 0.3 is 0 Å². The fourth-order valence-corrected chi connectivity index (χ4v) is 23.4. The first-order valence-electron chi connectivity index (χ1n) is 49.6. The number of hydrogen-bond donors (Lipinski definition) is 0. The molecule has 0 spiro atoms. The lowest BCUT2D eigenvalue weighted by atomic mass is 9.83. The SMILES string of the molecule is c1ccc(-c2nc3ccc4ccc5ccc(-c6c7ccccc7c(-c7cc8ccccc8c8ccccc78)c7ccccc67)cc5c4c3o2)cc1.c1ccc(-c2nc3ccc4ccc5ccc(-c6c7ccccc7c(-c7ccc8ccccc8c7)c7ccccc67)cc5c4c3o2)cc1.c1ccc(-c2nc3ccc4ccc5ccc(-c6c7ccccc7c(-c7cccc8ccccc78)c7ccccc67)cc5c4c3o2)cc1. The van der Waals surface area contributed by atoms with Gasteiger partial charge in [-0.2, -0.15) is 0 Å². The normalized spacial score (nSPS) is 11.9. The van der Waals surface area contributed by atoms with Crippen molar-refractivity contribution in [1.29, 1.82) is 0 Å². The highest BCUT2D eigenvalue weighted by atomic mass is 16.4. The number of aromatic nitrogens is 3. The van der Waals surface area contributed by atoms with Gasteiger partial charge in [-0.15, -0.1) is 0 Å². The summed E-state index contributed by atoms with van der Waals surface area (Å²) >= 11 is 0. The second kappa shape index (κ2) is 33.8. The van der Waals surface area contributed by atoms with Crippen molar-refractivity contribution in [3.63, 3.8) is 0 Å². The number of nitrogens with zero attached hydrogens (tertiary/aromatic N) is 3. The molecule has 0 fully saturated rings. The summed E-state index contributed by atoms with van der Waals surface area (Å²) < 4.78 is 19.7. The Labute approximate surface area is 832 Å². The largest absolute Gasteiger partial charge is 0.435 e. The van der Waals surface area contributed by atoms with Gasteiger partial charge < -0.3 is 13.3 Å². The van der Waals surface area contributed by atoms with Gasteiger partial charge in [0.15, 0.2) is 16.7 Å². The van der Waals surface area contributed by atoms with Crippen LogP contribution in [0.4, 0.5) is 0 Å². The van der Waals surface area contributed by atoms with Crippen LogP contribution >= 0.6 is 0 Å². The van der Waals surface area contributed by atoms with E-state index in [4.69, 9.17) is 28.2 Å². The number of hydrogen-bond acceptors (Lipinski definition) is 6. The first kappa shape index (κ1) is 82.8. The fourth-order valence-electron chi connectivity index (χ4n) is 23.4. The minimum Gasteiger partial charge on any atom is -0.435 e. The first-order valence-corrected chi connectivity index (χ1v) is 49.6. The van der Waals surface area contributed by atoms with E-state index in [2.05, 4.69) is 413 Å². The maximum Gasteiger partial charge on any atom is 0.227 e. The lowest BCUT2D eigenvalue weighted by molar-refractivity contribution is 0.623. The summed E-state index contributed by atoms with van der Waals surface area (Å²) in [6.45, 7) is 0. The van der Waals surface area contributed by atoms with E-state index < -0.39 is 0 Å². The van der Waals surface area contributed by atoms with Crippen LogP contribution in [0.1, 0.15) is 0 Å². The molecule has 0 atom stereocenters. The van der Waals surface area contributed by atoms with Crippen LogP contribution < -0.4 is 0 Å². The Bertz CT molecular complexity index is 10600. The standard InChI is InChI=1S/C49H29NO.2C45H27NO/c1-2-12-32(13-3-1)49-50-44-27-26-31-24-22-30-23-25-34(29-42(30)46(31)48(44)51-49)45-38-18-8-10-20-40(38)47(41-21-11-9-19-39(41)45)43-28-33-14-4-5-15-35(33)36-16-6-7-17-37(36)43;1-2-12-31(13-3-1)45-46-40-26-25-30-23-21-29-22-24-32(27-39(29)42(30)44(40)47-45)41-35-16-6-8-18-37(35)43(38-19-9-7-17-36(38)41)34-20-10-14-28-11-4-5-15-33(28)34;1-2-11-31(12-3-1)45-46-40-25-24-30-21-19-29-20-23-34(27-39(29)43(30)44(40)47-45)42-37-16-8-6-14-35(37)41(36-15-7-9-17-38(36)42)33-22-18-28-10-4-5-13-32(28)26-33/h1-29H;2*1-27H. The number of rotatable bonds is 9. The molecule has 28 aromatic carbocycles. The third-order valence-electron chi connectivity index (χ3n) is 29.9. The van der Waals surface area contributed by atoms with Crippen molar-refractivity contribution < 1.29 is 13.3 Å². The number of fused-ring (bicyclic) bond motifs is 26. The van der Waals surface area contributed by atoms with Gasteiger partial charge in [0, 0.05) is 32.8 Å². The molecule has 672 valence electrons. The van der Waals surface area contributed by atoms with Crippen LogP contribution in [0.15, 0.2) is 517 Å². The van der Waals surface area contributed by atoms with E-state index in [1.54, 1.807) is 0 Å². The Morgan fingerprint density at radius 1 is 0.124 bits per heavy atom. The van der Waals surface area contributed by atoms with Crippen LogP contribution in [0.5, 0.6) is 0 Å². The average Bonchev–Trinajstić information content (AvgIpc) is 1.29. The van der Waals surface area contributed by atoms with Crippen molar-refractivity contribution in [2.75, 3.05) is 0 Å². The van der Waals surface area contributed by atoms with Gasteiger partial charge in [-0.05, 0) is 308 Å². The van der Waals surface area contributed by atoms with Crippen LogP contribution in [-0.4, -0.2) is 15.0 Å². The molecule has 0 aliphatic carbocycles. The molecule has 145 heavy (non-hydrogen) atoms. The molecule has 0 saturated carbocycles. The summed E-state index contributed by atoms with van der Waals surface area (Å²) in [6, 6.07) is 181. The second-order valence-electron chi connectivity index (χ2n) is 38.0. The molecule has 0 bridgehead atoms. The Morgan fingerprint density at radius 3 is 0.745 bits per heavy atom. The summed E-state index contributed by atoms with van der Waals surface area (Å²) in [6.07, 6.45) is 0. The number of benzene rings is 28. The Morgan fingerprint density at radius 2 is 0.372 bits per heavy atom. The third-order valence-corrected chi connectivity index (χ3v) is 29.9. The van der Waals surface area contributed by atoms with Crippen molar-refractivity contribution >= 4 is 206 Å². The first-order chi connectivity index (χ1) is 71.9. The van der Waals surface area contributed by atoms with Crippen molar-refractivity contribution in [2.45, 2.75) is 0 Å². The van der Waals surface area contributed by atoms with Crippen LogP contribution in [0, 0.1) is 0 Å². The molecule has 0 aliphatic rings. The molecule has 3 aromatic heterocycles. The predicted octanol–water partition coefficient (Wildman–Crippen LogP) is 38.9. The Kier molecular flexibility index (Phi) is 19.3. The molecule has 0 unspecified atom stereocenters. The molecular weight excluding hydrogens is 1760 g/mol. The quantitative estimate of drug-likeness (QED) is 0.106. The summed E-state index contributed by atoms with van der Waals surface area (Å²) in [5.74, 6) is 1.92. The Hall–Kier alpha value is -19.3. The van der Waals surface area contributed by atoms with Gasteiger partial charge in [-0.3, -0.25) is 0 Å². The van der Waals surface area contributed by atoms with E-state index in [1.807, 2.05) is 91.0 Å². The summed E-state index contributed by atoms with van der Waals surface area (Å²) in [7, 11) is 0. The highest BCUT2D eigenvalue weighted by Gasteiger charge is 2.27. The zero-order valence-corrected chi connectivity index (χ0v) is 78.5. The smallest absolute Gasteiger partial charge is 0.227 e. The molecule has 0 N–H and O–H groups in total. The number of oxazole rings is 3. The maximum atomic E-state index is 6.58. The second-order valence-corrected chi connectivity index (χ2v) is 38.0. The minimum absolute atomic E-state index is 0.639. The van der Waals surface area contributed by atoms with E-state index in [9.17, 15) is 0 Å². The van der Waals surface area contributed by atoms with Crippen LogP contribution in [0.25, 0.3) is 307 Å². The van der Waals surface area contributed by atoms with Crippen molar-refractivity contribution in [3.05, 3.63) is 504 Å². The molecule has 6 nitrogen and oxygen atoms in total. The summed E-state index contributed by atoms with van der Waals surface area (Å²) in [4.78, 5) is 14.7. The highest BCUT2D eigenvalue weighted by molar-refractivity contribution is 6.31. The zero-order valence-electron chi connectivity index (χ0n) is 78.5. The van der Waals surface area contributed by atoms with Crippen molar-refractivity contribution in [3.8, 4) is 101 Å². The average molecular weight is 1840 g/mol. The topological polar surface area (TPSA) is 78.1 Å². The van der Waals surface area contributed by atoms with E-state index >= 15 is 0 Å². The fraction of sp³-hybridized carbons (Fsp3) is 0. The molecular formula is C139H83N3O3. The maximum absolute atomic E-state index is 6.58. The Balaban J connectivity index is 0.000000103. The predicted molar refractivity (Wildman–Crippen MR) is 611 cm³/mol. The lowest BCUT2D eigenvalue weighted by Gasteiger charge is -2.20. The molecule has 0 amide bonds. The zero-order chi connectivity index (χ0) is 95.3. The molecule has 0 radical (unpaired) electrons. The van der Waals surface area contributed by atoms with Gasteiger partial charge in [0.05, 0.1) is 0 Å². The molecule has 6 heteroatoms. The molecule has 0 aliphatic heterocycles. The van der Waals surface area contributed by atoms with Crippen LogP contribution in [-0.2, 0) is 0 Å². The van der Waals surface area contributed by atoms with Gasteiger partial charge in [-0.1, -0.05) is 419 Å². The van der Waals surface area contributed by atoms with Gasteiger partial charge in [0.2, 0.25) is 17.7 Å². The minimum atomic E-state index is 0.639. The molecule has 0 saturated heterocycles. The van der Waals surface area contributed by atoms with Crippen LogP contribution in [0.2, 0.25) is 0 Å². The van der Waals surface area contributed by atoms with Gasteiger partial charge in [-0.25, -0.2) is 15.0 Å². The van der Waals surface area contributed by atoms with Crippen molar-refractivity contribution in [2.24, 2.45) is 0 Å². The monoisotopic (exact) mass is 1840 g/mol. The van der Waals surface area contributed by atoms with E-state index in [0.29, 0.717) is 17.7 Å². The van der Waals surface area contributed by atoms with Crippen molar-refractivity contribution in [1.82, 2.24) is 15.0 Å². The molecule has 3 heterocycles. The molecule has 31 rings (SSSR count). The van der Waals surface area contributed by atoms with Crippen LogP contribution in [0.3, 0.4) is 0 Å². The van der Waals surface area contributed by atoms with Gasteiger partial charge in [0.25, 0.3) is 0 Å². The summed E-state index contributed by atoms with van der Waals surface area (Å²) in [5.41, 5.74) is 22.8. The lowest BCUT2D eigenvalue weighted by Crippen LogP contribution is -1.92. The van der Waals surface area contributed by atoms with E-state index in [0.717, 1.165) is 98.5 Å². The van der Waals surface area contributed by atoms with Gasteiger partial charge in [0.1, 0.15) is 16.6 Å². The third kappa shape index (κ3) is 13.7.